The van der Waals surface area contributed by atoms with E-state index in [0.717, 1.165) is 17.0 Å². The monoisotopic (exact) mass is 341 g/mol. The van der Waals surface area contributed by atoms with E-state index in [4.69, 9.17) is 0 Å². The first-order valence-corrected chi connectivity index (χ1v) is 7.87. The van der Waals surface area contributed by atoms with Gasteiger partial charge >= 0.3 is 0 Å². The van der Waals surface area contributed by atoms with E-state index in [-0.39, 0.29) is 11.1 Å². The Morgan fingerprint density at radius 2 is 1.92 bits per heavy atom. The van der Waals surface area contributed by atoms with Gasteiger partial charge in [0.15, 0.2) is 5.65 Å². The topological polar surface area (TPSA) is 112 Å². The van der Waals surface area contributed by atoms with Crippen LogP contribution in [0.2, 0.25) is 0 Å². The summed E-state index contributed by atoms with van der Waals surface area (Å²) in [6.07, 6.45) is 0. The van der Waals surface area contributed by atoms with Gasteiger partial charge in [0.1, 0.15) is 5.56 Å². The van der Waals surface area contributed by atoms with Crippen LogP contribution in [0.1, 0.15) is 46.0 Å². The van der Waals surface area contributed by atoms with Crippen molar-refractivity contribution < 1.29 is 4.79 Å². The molecule has 130 valence electrons. The number of hydrogen-bond acceptors (Lipinski definition) is 4. The van der Waals surface area contributed by atoms with E-state index in [1.807, 2.05) is 13.8 Å². The fourth-order valence-electron chi connectivity index (χ4n) is 2.60. The number of carbonyl (C=O) groups excluding carboxylic acids is 1. The first kappa shape index (κ1) is 16.7. The summed E-state index contributed by atoms with van der Waals surface area (Å²) in [6, 6.07) is 4.13. The zero-order valence-electron chi connectivity index (χ0n) is 14.4. The highest BCUT2D eigenvalue weighted by Gasteiger charge is 2.17. The molecular formula is C17H19N5O3. The third-order valence-electron chi connectivity index (χ3n) is 4.13. The zero-order chi connectivity index (χ0) is 18.3. The van der Waals surface area contributed by atoms with Crippen molar-refractivity contribution in [1.29, 1.82) is 0 Å². The number of rotatable bonds is 3. The Balaban J connectivity index is 1.91. The van der Waals surface area contributed by atoms with Gasteiger partial charge in [0.25, 0.3) is 17.0 Å². The Morgan fingerprint density at radius 3 is 2.64 bits per heavy atom. The van der Waals surface area contributed by atoms with Gasteiger partial charge in [0.05, 0.1) is 11.7 Å². The van der Waals surface area contributed by atoms with Crippen molar-refractivity contribution in [3.05, 3.63) is 67.1 Å². The average molecular weight is 341 g/mol. The summed E-state index contributed by atoms with van der Waals surface area (Å²) in [6.45, 7) is 7.12. The van der Waals surface area contributed by atoms with Crippen LogP contribution in [0, 0.1) is 20.8 Å². The van der Waals surface area contributed by atoms with Crippen LogP contribution in [0.25, 0.3) is 5.65 Å². The van der Waals surface area contributed by atoms with Crippen LogP contribution in [0.5, 0.6) is 0 Å². The van der Waals surface area contributed by atoms with Crippen molar-refractivity contribution in [2.75, 3.05) is 0 Å². The predicted molar refractivity (Wildman–Crippen MR) is 93.0 cm³/mol. The van der Waals surface area contributed by atoms with Crippen molar-refractivity contribution in [1.82, 2.24) is 24.9 Å². The molecule has 3 heterocycles. The lowest BCUT2D eigenvalue weighted by atomic mass is 10.1. The Kier molecular flexibility index (Phi) is 4.03. The lowest BCUT2D eigenvalue weighted by molar-refractivity contribution is 0.0937. The van der Waals surface area contributed by atoms with Crippen LogP contribution in [0.3, 0.4) is 0 Å². The third-order valence-corrected chi connectivity index (χ3v) is 4.13. The van der Waals surface area contributed by atoms with Gasteiger partial charge in [-0.1, -0.05) is 0 Å². The Labute approximate surface area is 142 Å². The zero-order valence-corrected chi connectivity index (χ0v) is 14.4. The van der Waals surface area contributed by atoms with Crippen LogP contribution >= 0.6 is 0 Å². The molecule has 25 heavy (non-hydrogen) atoms. The lowest BCUT2D eigenvalue weighted by Gasteiger charge is -2.13. The largest absolute Gasteiger partial charge is 0.344 e. The van der Waals surface area contributed by atoms with E-state index >= 15 is 0 Å². The van der Waals surface area contributed by atoms with Gasteiger partial charge in [0, 0.05) is 23.5 Å². The summed E-state index contributed by atoms with van der Waals surface area (Å²) >= 11 is 0. The molecule has 0 bridgehead atoms. The van der Waals surface area contributed by atoms with Crippen LogP contribution in [0.4, 0.5) is 0 Å². The predicted octanol–water partition coefficient (Wildman–Crippen LogP) is 1.13. The number of aromatic nitrogens is 4. The number of nitrogens with zero attached hydrogens (tertiary/aromatic N) is 2. The highest BCUT2D eigenvalue weighted by Crippen LogP contribution is 2.11. The maximum Gasteiger partial charge on any atom is 0.272 e. The number of hydrogen-bond donors (Lipinski definition) is 3. The van der Waals surface area contributed by atoms with Crippen molar-refractivity contribution >= 4 is 11.6 Å². The summed E-state index contributed by atoms with van der Waals surface area (Å²) in [7, 11) is 0. The minimum atomic E-state index is -0.526. The second-order valence-electron chi connectivity index (χ2n) is 6.17. The highest BCUT2D eigenvalue weighted by atomic mass is 16.2. The fourth-order valence-corrected chi connectivity index (χ4v) is 2.60. The second-order valence-corrected chi connectivity index (χ2v) is 6.17. The van der Waals surface area contributed by atoms with E-state index in [2.05, 4.69) is 20.4 Å². The molecule has 3 rings (SSSR count). The number of aromatic amines is 2. The first-order valence-electron chi connectivity index (χ1n) is 7.87. The summed E-state index contributed by atoms with van der Waals surface area (Å²) in [5.74, 6) is -0.510. The van der Waals surface area contributed by atoms with Crippen molar-refractivity contribution in [2.45, 2.75) is 33.7 Å². The molecule has 0 radical (unpaired) electrons. The van der Waals surface area contributed by atoms with Crippen molar-refractivity contribution in [2.24, 2.45) is 0 Å². The average Bonchev–Trinajstić information content (AvgIpc) is 2.91. The summed E-state index contributed by atoms with van der Waals surface area (Å²) < 4.78 is 1.33. The molecule has 1 atom stereocenters. The van der Waals surface area contributed by atoms with E-state index < -0.39 is 17.5 Å². The molecule has 8 nitrogen and oxygen atoms in total. The van der Waals surface area contributed by atoms with Gasteiger partial charge in [0.2, 0.25) is 0 Å². The first-order chi connectivity index (χ1) is 11.8. The number of nitrogens with one attached hydrogen (secondary N) is 3. The standard InChI is InChI=1S/C17H19N5O3/c1-8-5-12(16(24)18-10(8)3)17(25)19-11(4)13-7-15(23)22-14(20-13)6-9(2)21-22/h5-7,11,21H,1-4H3,(H,18,24)(H,19,25)/t11-/m1/s1. The van der Waals surface area contributed by atoms with Crippen LogP contribution in [0.15, 0.2) is 27.8 Å². The van der Waals surface area contributed by atoms with E-state index in [1.54, 1.807) is 26.0 Å². The van der Waals surface area contributed by atoms with Crippen LogP contribution in [-0.4, -0.2) is 25.5 Å². The fraction of sp³-hybridized carbons (Fsp3) is 0.294. The van der Waals surface area contributed by atoms with Gasteiger partial charge in [-0.25, -0.2) is 9.50 Å². The third kappa shape index (κ3) is 3.10. The van der Waals surface area contributed by atoms with Crippen LogP contribution < -0.4 is 16.4 Å². The molecule has 0 spiro atoms. The maximum atomic E-state index is 12.4. The molecule has 0 fully saturated rings. The lowest BCUT2D eigenvalue weighted by Crippen LogP contribution is -2.33. The Bertz CT molecular complexity index is 1090. The van der Waals surface area contributed by atoms with Crippen molar-refractivity contribution in [3.8, 4) is 0 Å². The number of carbonyl (C=O) groups is 1. The Hall–Kier alpha value is -3.16. The van der Waals surface area contributed by atoms with Gasteiger partial charge < -0.3 is 10.3 Å². The van der Waals surface area contributed by atoms with E-state index in [0.29, 0.717) is 11.3 Å². The molecule has 0 unspecified atom stereocenters. The molecule has 0 aliphatic carbocycles. The van der Waals surface area contributed by atoms with Gasteiger partial charge in [-0.3, -0.25) is 19.5 Å². The van der Waals surface area contributed by atoms with Gasteiger partial charge in [-0.05, 0) is 39.3 Å². The van der Waals surface area contributed by atoms with Gasteiger partial charge in [-0.2, -0.15) is 0 Å². The Morgan fingerprint density at radius 1 is 1.20 bits per heavy atom. The smallest absolute Gasteiger partial charge is 0.272 e. The number of pyridine rings is 1. The summed E-state index contributed by atoms with van der Waals surface area (Å²) in [5, 5.41) is 5.61. The molecule has 0 aromatic carbocycles. The number of fused-ring (bicyclic) bond motifs is 1. The second kappa shape index (κ2) is 6.04. The molecule has 3 aromatic rings. The van der Waals surface area contributed by atoms with Crippen LogP contribution in [-0.2, 0) is 0 Å². The molecule has 0 aliphatic heterocycles. The van der Waals surface area contributed by atoms with Crippen molar-refractivity contribution in [3.63, 3.8) is 0 Å². The summed E-state index contributed by atoms with van der Waals surface area (Å²) in [5.41, 5.74) is 2.57. The molecule has 3 aromatic heterocycles. The molecule has 0 saturated carbocycles. The molecule has 8 heteroatoms. The number of amides is 1. The minimum Gasteiger partial charge on any atom is -0.344 e. The highest BCUT2D eigenvalue weighted by molar-refractivity contribution is 5.94. The SMILES string of the molecule is Cc1cc2nc([C@@H](C)NC(=O)c3cc(C)c(C)[nH]c3=O)cc(=O)n2[nH]1. The molecule has 0 aliphatic rings. The maximum absolute atomic E-state index is 12.4. The quantitative estimate of drug-likeness (QED) is 0.663. The molecule has 3 N–H and O–H groups in total. The normalized spacial score (nSPS) is 12.3. The number of H-pyrrole nitrogens is 2. The number of aryl methyl sites for hydroxylation is 3. The minimum absolute atomic E-state index is 0.0326. The summed E-state index contributed by atoms with van der Waals surface area (Å²) in [4.78, 5) is 43.6. The van der Waals surface area contributed by atoms with Gasteiger partial charge in [-0.15, -0.1) is 0 Å². The molecule has 1 amide bonds. The molecular weight excluding hydrogens is 322 g/mol. The van der Waals surface area contributed by atoms with E-state index in [1.165, 1.54) is 10.6 Å². The van der Waals surface area contributed by atoms with E-state index in [9.17, 15) is 14.4 Å². The molecule has 0 saturated heterocycles.